The predicted octanol–water partition coefficient (Wildman–Crippen LogP) is 1.72. The van der Waals surface area contributed by atoms with Crippen LogP contribution in [0.5, 0.6) is 5.75 Å². The van der Waals surface area contributed by atoms with Crippen LogP contribution in [0.1, 0.15) is 5.56 Å². The second-order valence-electron chi connectivity index (χ2n) is 3.82. The van der Waals surface area contributed by atoms with Crippen molar-refractivity contribution in [1.29, 1.82) is 0 Å². The number of anilines is 2. The van der Waals surface area contributed by atoms with Gasteiger partial charge in [-0.15, -0.1) is 0 Å². The number of aromatic nitrogens is 2. The number of benzene rings is 1. The minimum absolute atomic E-state index is 0.282. The van der Waals surface area contributed by atoms with Crippen molar-refractivity contribution in [2.45, 2.75) is 6.42 Å². The monoisotopic (exact) mass is 244 g/mol. The summed E-state index contributed by atoms with van der Waals surface area (Å²) >= 11 is 0. The Bertz CT molecular complexity index is 499. The average Bonchev–Trinajstić information content (AvgIpc) is 2.40. The SMILES string of the molecule is COc1ccc(CCNc2ccnc(N)n2)cc1. The van der Waals surface area contributed by atoms with Gasteiger partial charge in [0.05, 0.1) is 7.11 Å². The summed E-state index contributed by atoms with van der Waals surface area (Å²) in [6.45, 7) is 0.794. The van der Waals surface area contributed by atoms with Crippen LogP contribution in [-0.2, 0) is 6.42 Å². The standard InChI is InChI=1S/C13H16N4O/c1-18-11-4-2-10(3-5-11)6-8-15-12-7-9-16-13(14)17-12/h2-5,7,9H,6,8H2,1H3,(H3,14,15,16,17). The third kappa shape index (κ3) is 3.35. The zero-order valence-electron chi connectivity index (χ0n) is 10.3. The lowest BCUT2D eigenvalue weighted by atomic mass is 10.1. The van der Waals surface area contributed by atoms with Crippen molar-refractivity contribution in [3.05, 3.63) is 42.1 Å². The quantitative estimate of drug-likeness (QED) is 0.837. The number of methoxy groups -OCH3 is 1. The number of nitrogens with one attached hydrogen (secondary N) is 1. The van der Waals surface area contributed by atoms with E-state index in [0.717, 1.165) is 24.5 Å². The number of nitrogen functional groups attached to an aromatic ring is 1. The maximum Gasteiger partial charge on any atom is 0.221 e. The van der Waals surface area contributed by atoms with Crippen LogP contribution < -0.4 is 15.8 Å². The molecule has 0 aliphatic carbocycles. The zero-order valence-corrected chi connectivity index (χ0v) is 10.3. The topological polar surface area (TPSA) is 73.1 Å². The van der Waals surface area contributed by atoms with Gasteiger partial charge in [-0.1, -0.05) is 12.1 Å². The normalized spacial score (nSPS) is 10.1. The lowest BCUT2D eigenvalue weighted by molar-refractivity contribution is 0.414. The van der Waals surface area contributed by atoms with Gasteiger partial charge in [0.15, 0.2) is 0 Å². The van der Waals surface area contributed by atoms with E-state index < -0.39 is 0 Å². The van der Waals surface area contributed by atoms with Crippen LogP contribution in [0.4, 0.5) is 11.8 Å². The van der Waals surface area contributed by atoms with Crippen molar-refractivity contribution in [3.63, 3.8) is 0 Å². The van der Waals surface area contributed by atoms with Gasteiger partial charge in [0.1, 0.15) is 11.6 Å². The second-order valence-corrected chi connectivity index (χ2v) is 3.82. The number of ether oxygens (including phenoxy) is 1. The molecule has 1 aromatic heterocycles. The van der Waals surface area contributed by atoms with E-state index in [4.69, 9.17) is 10.5 Å². The summed E-state index contributed by atoms with van der Waals surface area (Å²) in [5.74, 6) is 1.90. The third-order valence-corrected chi connectivity index (χ3v) is 2.55. The first-order valence-corrected chi connectivity index (χ1v) is 5.73. The van der Waals surface area contributed by atoms with E-state index in [2.05, 4.69) is 27.4 Å². The van der Waals surface area contributed by atoms with Crippen molar-refractivity contribution in [2.75, 3.05) is 24.7 Å². The molecule has 2 rings (SSSR count). The van der Waals surface area contributed by atoms with E-state index in [9.17, 15) is 0 Å². The molecule has 0 fully saturated rings. The van der Waals surface area contributed by atoms with Crippen molar-refractivity contribution >= 4 is 11.8 Å². The van der Waals surface area contributed by atoms with Gasteiger partial charge < -0.3 is 15.8 Å². The molecule has 1 aromatic carbocycles. The highest BCUT2D eigenvalue weighted by Crippen LogP contribution is 2.11. The first kappa shape index (κ1) is 12.2. The molecular formula is C13H16N4O. The van der Waals surface area contributed by atoms with Gasteiger partial charge in [0.25, 0.3) is 0 Å². The smallest absolute Gasteiger partial charge is 0.221 e. The van der Waals surface area contributed by atoms with Crippen molar-refractivity contribution in [2.24, 2.45) is 0 Å². The van der Waals surface area contributed by atoms with E-state index in [1.54, 1.807) is 19.4 Å². The highest BCUT2D eigenvalue weighted by atomic mass is 16.5. The van der Waals surface area contributed by atoms with Crippen molar-refractivity contribution in [1.82, 2.24) is 9.97 Å². The Balaban J connectivity index is 1.84. The molecule has 18 heavy (non-hydrogen) atoms. The Hall–Kier alpha value is -2.30. The fourth-order valence-corrected chi connectivity index (χ4v) is 1.60. The molecule has 0 saturated heterocycles. The fraction of sp³-hybridized carbons (Fsp3) is 0.231. The first-order valence-electron chi connectivity index (χ1n) is 5.73. The minimum atomic E-state index is 0.282. The van der Waals surface area contributed by atoms with Crippen LogP contribution in [0.15, 0.2) is 36.5 Å². The number of hydrogen-bond donors (Lipinski definition) is 2. The molecule has 0 radical (unpaired) electrons. The summed E-state index contributed by atoms with van der Waals surface area (Å²) in [7, 11) is 1.66. The van der Waals surface area contributed by atoms with E-state index in [-0.39, 0.29) is 5.95 Å². The molecule has 0 aliphatic rings. The Morgan fingerprint density at radius 2 is 2.00 bits per heavy atom. The summed E-state index contributed by atoms with van der Waals surface area (Å²) in [6, 6.07) is 9.81. The van der Waals surface area contributed by atoms with Crippen molar-refractivity contribution in [3.8, 4) is 5.75 Å². The summed E-state index contributed by atoms with van der Waals surface area (Å²) in [4.78, 5) is 7.91. The van der Waals surface area contributed by atoms with Gasteiger partial charge in [-0.2, -0.15) is 4.98 Å². The maximum atomic E-state index is 5.50. The van der Waals surface area contributed by atoms with Gasteiger partial charge in [0, 0.05) is 12.7 Å². The van der Waals surface area contributed by atoms with Gasteiger partial charge in [-0.05, 0) is 30.2 Å². The van der Waals surface area contributed by atoms with Crippen LogP contribution in [-0.4, -0.2) is 23.6 Å². The molecule has 1 heterocycles. The fourth-order valence-electron chi connectivity index (χ4n) is 1.60. The molecule has 0 spiro atoms. The predicted molar refractivity (Wildman–Crippen MR) is 71.6 cm³/mol. The van der Waals surface area contributed by atoms with Crippen molar-refractivity contribution < 1.29 is 4.74 Å². The van der Waals surface area contributed by atoms with Crippen LogP contribution >= 0.6 is 0 Å². The lowest BCUT2D eigenvalue weighted by Gasteiger charge is -2.06. The Labute approximate surface area is 106 Å². The Kier molecular flexibility index (Phi) is 3.96. The summed E-state index contributed by atoms with van der Waals surface area (Å²) in [6.07, 6.45) is 2.55. The highest BCUT2D eigenvalue weighted by molar-refractivity contribution is 5.37. The summed E-state index contributed by atoms with van der Waals surface area (Å²) < 4.78 is 5.11. The third-order valence-electron chi connectivity index (χ3n) is 2.55. The highest BCUT2D eigenvalue weighted by Gasteiger charge is 1.97. The molecule has 0 aliphatic heterocycles. The van der Waals surface area contributed by atoms with Gasteiger partial charge in [-0.3, -0.25) is 0 Å². The van der Waals surface area contributed by atoms with E-state index in [0.29, 0.717) is 0 Å². The molecule has 5 heteroatoms. The zero-order chi connectivity index (χ0) is 12.8. The molecule has 0 unspecified atom stereocenters. The van der Waals surface area contributed by atoms with Gasteiger partial charge in [0.2, 0.25) is 5.95 Å². The largest absolute Gasteiger partial charge is 0.497 e. The number of rotatable bonds is 5. The Morgan fingerprint density at radius 3 is 2.67 bits per heavy atom. The molecule has 0 saturated carbocycles. The van der Waals surface area contributed by atoms with E-state index in [1.165, 1.54) is 5.56 Å². The molecule has 0 atom stereocenters. The molecular weight excluding hydrogens is 228 g/mol. The first-order chi connectivity index (χ1) is 8.78. The summed E-state index contributed by atoms with van der Waals surface area (Å²) in [5.41, 5.74) is 6.74. The molecule has 94 valence electrons. The number of hydrogen-bond acceptors (Lipinski definition) is 5. The van der Waals surface area contributed by atoms with E-state index in [1.807, 2.05) is 12.1 Å². The Morgan fingerprint density at radius 1 is 1.22 bits per heavy atom. The summed E-state index contributed by atoms with van der Waals surface area (Å²) in [5, 5.41) is 3.20. The number of nitrogens with zero attached hydrogens (tertiary/aromatic N) is 2. The second kappa shape index (κ2) is 5.86. The molecule has 3 N–H and O–H groups in total. The van der Waals surface area contributed by atoms with Gasteiger partial charge in [-0.25, -0.2) is 4.98 Å². The molecule has 2 aromatic rings. The van der Waals surface area contributed by atoms with Crippen LogP contribution in [0.3, 0.4) is 0 Å². The van der Waals surface area contributed by atoms with Crippen LogP contribution in [0.25, 0.3) is 0 Å². The molecule has 5 nitrogen and oxygen atoms in total. The maximum absolute atomic E-state index is 5.50. The minimum Gasteiger partial charge on any atom is -0.497 e. The molecule has 0 amide bonds. The van der Waals surface area contributed by atoms with Crippen LogP contribution in [0, 0.1) is 0 Å². The lowest BCUT2D eigenvalue weighted by Crippen LogP contribution is -2.07. The van der Waals surface area contributed by atoms with Crippen LogP contribution in [0.2, 0.25) is 0 Å². The van der Waals surface area contributed by atoms with Gasteiger partial charge >= 0.3 is 0 Å². The number of nitrogens with two attached hydrogens (primary N) is 1. The van der Waals surface area contributed by atoms with E-state index >= 15 is 0 Å². The average molecular weight is 244 g/mol. The molecule has 0 bridgehead atoms.